The minimum Gasteiger partial charge on any atom is -0.468 e. The lowest BCUT2D eigenvalue weighted by atomic mass is 9.67. The predicted octanol–water partition coefficient (Wildman–Crippen LogP) is 5.13. The van der Waals surface area contributed by atoms with E-state index < -0.39 is 47.0 Å². The first kappa shape index (κ1) is 29.6. The van der Waals surface area contributed by atoms with Crippen molar-refractivity contribution in [3.63, 3.8) is 0 Å². The summed E-state index contributed by atoms with van der Waals surface area (Å²) in [4.78, 5) is 25.8. The van der Waals surface area contributed by atoms with E-state index in [2.05, 4.69) is 0 Å². The van der Waals surface area contributed by atoms with Gasteiger partial charge >= 0.3 is 11.9 Å². The van der Waals surface area contributed by atoms with E-state index in [1.54, 1.807) is 36.4 Å². The Bertz CT molecular complexity index is 1700. The maximum absolute atomic E-state index is 14.5. The van der Waals surface area contributed by atoms with E-state index in [0.717, 1.165) is 22.3 Å². The quantitative estimate of drug-likeness (QED) is 0.247. The van der Waals surface area contributed by atoms with Crippen molar-refractivity contribution >= 4 is 31.6 Å². The van der Waals surface area contributed by atoms with E-state index in [9.17, 15) is 26.4 Å². The molecule has 2 aromatic rings. The highest BCUT2D eigenvalue weighted by Crippen LogP contribution is 2.59. The standard InChI is InChI=1S/C33H34O8S2/c1-40-30(34)32(31(35)41-2)19-23-14-16-27-26(28(23)20-32)15-13-22-17-18-33(21-29(22)27,42(36,37)24-9-5-3-6-10-24)43(38,39)25-11-7-4-8-12-25/h3-12,14,17,28-29H,13,15-16,18-21H2,1-2H3/t28-,29-/m0/s1. The Labute approximate surface area is 252 Å². The van der Waals surface area contributed by atoms with E-state index in [0.29, 0.717) is 19.3 Å². The molecule has 8 nitrogen and oxygen atoms in total. The van der Waals surface area contributed by atoms with Crippen LogP contribution in [0.1, 0.15) is 44.9 Å². The summed E-state index contributed by atoms with van der Waals surface area (Å²) in [5.74, 6) is -1.87. The molecule has 0 aliphatic heterocycles. The Kier molecular flexibility index (Phi) is 7.28. The lowest BCUT2D eigenvalue weighted by Crippen LogP contribution is -2.50. The van der Waals surface area contributed by atoms with Crippen LogP contribution in [0.25, 0.3) is 0 Å². The highest BCUT2D eigenvalue weighted by molar-refractivity contribution is 8.10. The number of ether oxygens (including phenoxy) is 2. The number of benzene rings is 2. The molecule has 2 atom stereocenters. The lowest BCUT2D eigenvalue weighted by molar-refractivity contribution is -0.168. The fraction of sp³-hybridized carbons (Fsp3) is 0.394. The van der Waals surface area contributed by atoms with Gasteiger partial charge in [-0.15, -0.1) is 0 Å². The van der Waals surface area contributed by atoms with E-state index in [4.69, 9.17) is 9.47 Å². The van der Waals surface area contributed by atoms with Crippen molar-refractivity contribution in [1.82, 2.24) is 0 Å². The summed E-state index contributed by atoms with van der Waals surface area (Å²) in [7, 11) is -6.24. The largest absolute Gasteiger partial charge is 0.468 e. The van der Waals surface area contributed by atoms with Gasteiger partial charge in [0, 0.05) is 18.3 Å². The maximum atomic E-state index is 14.5. The first-order chi connectivity index (χ1) is 20.5. The number of sulfone groups is 2. The molecule has 4 aliphatic rings. The van der Waals surface area contributed by atoms with Gasteiger partial charge in [0.15, 0.2) is 29.2 Å². The minimum atomic E-state index is -4.38. The number of esters is 2. The zero-order valence-corrected chi connectivity index (χ0v) is 25.7. The molecule has 1 saturated carbocycles. The van der Waals surface area contributed by atoms with Gasteiger partial charge in [-0.3, -0.25) is 9.59 Å². The molecular formula is C33H34O8S2. The second-order valence-electron chi connectivity index (χ2n) is 11.8. The number of allylic oxidation sites excluding steroid dienone is 6. The first-order valence-electron chi connectivity index (χ1n) is 14.4. The van der Waals surface area contributed by atoms with Crippen LogP contribution < -0.4 is 0 Å². The zero-order chi connectivity index (χ0) is 30.6. The molecule has 10 heteroatoms. The molecule has 0 aromatic heterocycles. The molecule has 0 N–H and O–H groups in total. The summed E-state index contributed by atoms with van der Waals surface area (Å²) in [5.41, 5.74) is 2.63. The van der Waals surface area contributed by atoms with E-state index in [-0.39, 0.29) is 41.4 Å². The molecule has 226 valence electrons. The average Bonchev–Trinajstić information content (AvgIpc) is 3.45. The van der Waals surface area contributed by atoms with Crippen molar-refractivity contribution in [1.29, 1.82) is 0 Å². The van der Waals surface area contributed by atoms with Crippen LogP contribution in [0, 0.1) is 17.3 Å². The first-order valence-corrected chi connectivity index (χ1v) is 17.3. The molecule has 0 radical (unpaired) electrons. The normalized spacial score (nSPS) is 24.0. The molecule has 0 saturated heterocycles. The van der Waals surface area contributed by atoms with Crippen LogP contribution in [0.15, 0.2) is 105 Å². The molecule has 1 fully saturated rings. The number of rotatable bonds is 6. The molecule has 4 aliphatic carbocycles. The number of carbonyl (C=O) groups is 2. The number of fused-ring (bicyclic) bond motifs is 4. The third kappa shape index (κ3) is 4.28. The third-order valence-corrected chi connectivity index (χ3v) is 15.6. The Morgan fingerprint density at radius 3 is 1.77 bits per heavy atom. The lowest BCUT2D eigenvalue weighted by Gasteiger charge is -2.44. The van der Waals surface area contributed by atoms with Crippen LogP contribution in [0.4, 0.5) is 0 Å². The van der Waals surface area contributed by atoms with Crippen LogP contribution in [0.5, 0.6) is 0 Å². The van der Waals surface area contributed by atoms with E-state index >= 15 is 0 Å². The summed E-state index contributed by atoms with van der Waals surface area (Å²) in [5, 5.41) is 0. The van der Waals surface area contributed by atoms with Gasteiger partial charge in [0.1, 0.15) is 0 Å². The monoisotopic (exact) mass is 622 g/mol. The van der Waals surface area contributed by atoms with Gasteiger partial charge in [-0.05, 0) is 62.8 Å². The summed E-state index contributed by atoms with van der Waals surface area (Å²) in [6.07, 6.45) is 5.86. The minimum absolute atomic E-state index is 0.0288. The number of hydrogen-bond donors (Lipinski definition) is 0. The molecule has 0 spiro atoms. The Balaban J connectivity index is 1.47. The number of hydrogen-bond acceptors (Lipinski definition) is 8. The van der Waals surface area contributed by atoms with Gasteiger partial charge in [-0.25, -0.2) is 16.8 Å². The van der Waals surface area contributed by atoms with Crippen LogP contribution >= 0.6 is 0 Å². The summed E-state index contributed by atoms with van der Waals surface area (Å²) in [6.45, 7) is 0. The number of carbonyl (C=O) groups excluding carboxylic acids is 2. The maximum Gasteiger partial charge on any atom is 0.323 e. The molecule has 0 bridgehead atoms. The van der Waals surface area contributed by atoms with E-state index in [1.807, 2.05) is 12.2 Å². The van der Waals surface area contributed by atoms with Crippen LogP contribution in [0.3, 0.4) is 0 Å². The second-order valence-corrected chi connectivity index (χ2v) is 16.6. The van der Waals surface area contributed by atoms with Gasteiger partial charge in [0.2, 0.25) is 0 Å². The second kappa shape index (κ2) is 10.6. The topological polar surface area (TPSA) is 121 Å². The Morgan fingerprint density at radius 2 is 1.23 bits per heavy atom. The zero-order valence-electron chi connectivity index (χ0n) is 24.1. The van der Waals surface area contributed by atoms with Gasteiger partial charge in [0.05, 0.1) is 24.0 Å². The molecule has 6 rings (SSSR count). The number of methoxy groups -OCH3 is 2. The van der Waals surface area contributed by atoms with Crippen molar-refractivity contribution in [2.24, 2.45) is 17.3 Å². The fourth-order valence-electron chi connectivity index (χ4n) is 7.74. The van der Waals surface area contributed by atoms with Crippen molar-refractivity contribution in [3.05, 3.63) is 95.1 Å². The molecule has 2 aromatic carbocycles. The van der Waals surface area contributed by atoms with Crippen molar-refractivity contribution in [2.45, 2.75) is 58.8 Å². The van der Waals surface area contributed by atoms with Crippen molar-refractivity contribution in [3.8, 4) is 0 Å². The highest BCUT2D eigenvalue weighted by Gasteiger charge is 2.60. The van der Waals surface area contributed by atoms with Crippen molar-refractivity contribution in [2.75, 3.05) is 14.2 Å². The van der Waals surface area contributed by atoms with Gasteiger partial charge in [-0.1, -0.05) is 70.8 Å². The predicted molar refractivity (Wildman–Crippen MR) is 159 cm³/mol. The molecular weight excluding hydrogens is 588 g/mol. The van der Waals surface area contributed by atoms with Crippen LogP contribution in [-0.2, 0) is 38.7 Å². The third-order valence-electron chi connectivity index (χ3n) is 9.90. The Morgan fingerprint density at radius 1 is 0.698 bits per heavy atom. The van der Waals surface area contributed by atoms with Crippen molar-refractivity contribution < 1.29 is 35.9 Å². The Hall–Kier alpha value is -3.50. The molecule has 0 heterocycles. The summed E-state index contributed by atoms with van der Waals surface area (Å²) < 4.78 is 66.0. The van der Waals surface area contributed by atoms with Crippen LogP contribution in [0.2, 0.25) is 0 Å². The van der Waals surface area contributed by atoms with Gasteiger partial charge < -0.3 is 9.47 Å². The molecule has 0 amide bonds. The molecule has 0 unspecified atom stereocenters. The van der Waals surface area contributed by atoms with Gasteiger partial charge in [0.25, 0.3) is 0 Å². The average molecular weight is 623 g/mol. The van der Waals surface area contributed by atoms with Gasteiger partial charge in [-0.2, -0.15) is 0 Å². The fourth-order valence-corrected chi connectivity index (χ4v) is 12.7. The summed E-state index contributed by atoms with van der Waals surface area (Å²) in [6, 6.07) is 15.6. The van der Waals surface area contributed by atoms with Crippen LogP contribution in [-0.4, -0.2) is 47.1 Å². The SMILES string of the molecule is COC(=O)C1(C(=O)OC)CC2=CCC3=C(CCC4=CCC(S(=O)(=O)c5ccccc5)(S(=O)(=O)c5ccccc5)C[C@@H]43)[C@H]2C1. The highest BCUT2D eigenvalue weighted by atomic mass is 32.3. The van der Waals surface area contributed by atoms with E-state index in [1.165, 1.54) is 38.5 Å². The smallest absolute Gasteiger partial charge is 0.323 e. The molecule has 43 heavy (non-hydrogen) atoms. The summed E-state index contributed by atoms with van der Waals surface area (Å²) >= 11 is 0.